The number of aliphatic hydroxyl groups is 2. The highest BCUT2D eigenvalue weighted by Gasteiger charge is 2.53. The normalized spacial score (nSPS) is 35.4. The number of aryl methyl sites for hydroxylation is 2. The third kappa shape index (κ3) is 5.69. The van der Waals surface area contributed by atoms with Gasteiger partial charge in [0, 0.05) is 10.8 Å². The summed E-state index contributed by atoms with van der Waals surface area (Å²) in [6.45, 7) is 5.92. The number of nitrogens with zero attached hydrogens (tertiary/aromatic N) is 3. The molecule has 7 nitrogen and oxygen atoms in total. The lowest BCUT2D eigenvalue weighted by Gasteiger charge is -2.50. The first-order valence-corrected chi connectivity index (χ1v) is 20.3. The van der Waals surface area contributed by atoms with Crippen LogP contribution in [0.2, 0.25) is 6.55 Å². The number of hydrogen-bond donors (Lipinski definition) is 3. The molecular formula is C43H51N3O4Si. The van der Waals surface area contributed by atoms with E-state index in [1.807, 2.05) is 47.2 Å². The van der Waals surface area contributed by atoms with Crippen molar-refractivity contribution in [2.75, 3.05) is 0 Å². The summed E-state index contributed by atoms with van der Waals surface area (Å²) in [5.41, 5.74) is 8.92. The molecule has 10 rings (SSSR count). The average Bonchev–Trinajstić information content (AvgIpc) is 3.80. The van der Waals surface area contributed by atoms with Crippen LogP contribution in [0.25, 0.3) is 16.7 Å². The molecule has 0 spiro atoms. The van der Waals surface area contributed by atoms with Gasteiger partial charge in [0.15, 0.2) is 0 Å². The Bertz CT molecular complexity index is 2060. The van der Waals surface area contributed by atoms with Crippen LogP contribution in [0.5, 0.6) is 5.75 Å². The standard InChI is InChI=1S/C24H25N3O.C18H22O2.CH4OSi/c1-24-13-12-18-17-9-7-16(27-22-5-3-2-4-21(22)25-26-27)14-15(17)6-8-19(18)20(24)10-11-23(24)28;1-18-9-8-14-13-5-3-12(19)10-11(13)2-4-15(14)16(18)6-7-17(18)20;1-3-2/h2-5,7,9-11,14,18-20,23,28H,6,8,12-13H2,1H3;3,5-7,10,14-17,19-20H,2,4,8-9H2,1H3;3H,1H3/t18?,19?,20?,23-,24-;14?,15?,16?,17-,18-;/m00./s1/i;;3D. The fraction of sp³-hybridized carbons (Fsp3) is 0.488. The Hall–Kier alpha value is -3.72. The number of benzene rings is 3. The van der Waals surface area contributed by atoms with Gasteiger partial charge in [-0.05, 0) is 152 Å². The predicted octanol–water partition coefficient (Wildman–Crippen LogP) is 7.62. The van der Waals surface area contributed by atoms with Crippen LogP contribution in [0, 0.1) is 34.5 Å². The van der Waals surface area contributed by atoms with Crippen molar-refractivity contribution in [3.05, 3.63) is 107 Å². The van der Waals surface area contributed by atoms with Gasteiger partial charge in [0.05, 0.1) is 24.6 Å². The van der Waals surface area contributed by atoms with E-state index in [1.54, 1.807) is 0 Å². The molecule has 3 aromatic carbocycles. The van der Waals surface area contributed by atoms with E-state index in [1.165, 1.54) is 48.1 Å². The van der Waals surface area contributed by atoms with Crippen molar-refractivity contribution in [3.63, 3.8) is 0 Å². The number of allylic oxidation sites excluding steroid dienone is 2. The molecule has 0 amide bonds. The zero-order valence-electron chi connectivity index (χ0n) is 31.0. The van der Waals surface area contributed by atoms with Crippen molar-refractivity contribution >= 4 is 20.4 Å². The lowest BCUT2D eigenvalue weighted by atomic mass is 9.55. The van der Waals surface area contributed by atoms with E-state index in [0.29, 0.717) is 41.3 Å². The Labute approximate surface area is 304 Å². The van der Waals surface area contributed by atoms with Crippen molar-refractivity contribution < 1.29 is 19.8 Å². The minimum absolute atomic E-state index is 0.0399. The van der Waals surface area contributed by atoms with E-state index in [9.17, 15) is 19.8 Å². The topological polar surface area (TPSA) is 108 Å². The fourth-order valence-corrected chi connectivity index (χ4v) is 11.2. The number of hydrogen-bond acceptors (Lipinski definition) is 6. The van der Waals surface area contributed by atoms with Crippen molar-refractivity contribution in [1.29, 1.82) is 1.23 Å². The maximum absolute atomic E-state index is 10.5. The van der Waals surface area contributed by atoms with Crippen LogP contribution in [0.15, 0.2) is 85.0 Å². The summed E-state index contributed by atoms with van der Waals surface area (Å²) in [6, 6.07) is 20.9. The number of para-hydroxylation sites is 1. The number of aliphatic hydroxyl groups excluding tert-OH is 2. The summed E-state index contributed by atoms with van der Waals surface area (Å²) < 4.78 is 17.4. The lowest BCUT2D eigenvalue weighted by molar-refractivity contribution is -0.0101. The number of aromatic hydroxyl groups is 1. The van der Waals surface area contributed by atoms with Gasteiger partial charge in [0.1, 0.15) is 11.3 Å². The zero-order chi connectivity index (χ0) is 36.4. The molecule has 10 atom stereocenters. The Morgan fingerprint density at radius 1 is 0.784 bits per heavy atom. The van der Waals surface area contributed by atoms with E-state index >= 15 is 0 Å². The molecule has 6 unspecified atom stereocenters. The summed E-state index contributed by atoms with van der Waals surface area (Å²) >= 11 is 0. The van der Waals surface area contributed by atoms with E-state index < -0.39 is 9.34 Å². The molecule has 8 heteroatoms. The highest BCUT2D eigenvalue weighted by atomic mass is 28.2. The van der Waals surface area contributed by atoms with Gasteiger partial charge in [-0.2, -0.15) is 0 Å². The molecule has 4 aromatic rings. The number of fused-ring (bicyclic) bond motifs is 11. The first-order valence-electron chi connectivity index (χ1n) is 19.4. The van der Waals surface area contributed by atoms with Gasteiger partial charge in [-0.15, -0.1) is 5.10 Å². The molecule has 0 bridgehead atoms. The van der Waals surface area contributed by atoms with Gasteiger partial charge < -0.3 is 19.8 Å². The molecule has 2 fully saturated rings. The van der Waals surface area contributed by atoms with Gasteiger partial charge in [0.2, 0.25) is 0 Å². The highest BCUT2D eigenvalue weighted by molar-refractivity contribution is 6.14. The van der Waals surface area contributed by atoms with Crippen LogP contribution in [0.4, 0.5) is 0 Å². The second-order valence-electron chi connectivity index (χ2n) is 16.4. The second-order valence-corrected chi connectivity index (χ2v) is 16.8. The monoisotopic (exact) mass is 702 g/mol. The molecular weight excluding hydrogens is 651 g/mol. The first kappa shape index (κ1) is 33.1. The SMILES string of the molecule is C[C@]12CCC3c4ccc(-n5nnc6ccccc65)cc4CCC3C1C=C[C@@H]2O.C[C@]12CCC3c4ccc(O)cc4CCC3C1C=C[C@@H]2O.[2H][Si](C)=O. The van der Waals surface area contributed by atoms with Crippen molar-refractivity contribution in [1.82, 2.24) is 15.0 Å². The van der Waals surface area contributed by atoms with Gasteiger partial charge in [-0.25, -0.2) is 4.68 Å². The molecule has 1 aromatic heterocycles. The van der Waals surface area contributed by atoms with E-state index in [-0.39, 0.29) is 23.0 Å². The van der Waals surface area contributed by atoms with Crippen LogP contribution in [0.3, 0.4) is 0 Å². The quantitative estimate of drug-likeness (QED) is 0.139. The molecule has 0 radical (unpaired) electrons. The zero-order valence-corrected chi connectivity index (χ0v) is 31.0. The third-order valence-corrected chi connectivity index (χ3v) is 14.0. The summed E-state index contributed by atoms with van der Waals surface area (Å²) in [5, 5.41) is 39.1. The molecule has 6 aliphatic rings. The number of phenols is 1. The van der Waals surface area contributed by atoms with Gasteiger partial charge in [-0.1, -0.05) is 67.6 Å². The third-order valence-electron chi connectivity index (χ3n) is 14.0. The number of rotatable bonds is 1. The maximum Gasteiger partial charge on any atom is 0.257 e. The van der Waals surface area contributed by atoms with E-state index in [0.717, 1.165) is 48.8 Å². The Morgan fingerprint density at radius 2 is 1.33 bits per heavy atom. The Balaban J connectivity index is 0.000000141. The maximum atomic E-state index is 10.5. The molecule has 266 valence electrons. The van der Waals surface area contributed by atoms with Crippen LogP contribution >= 0.6 is 0 Å². The molecule has 3 N–H and O–H groups in total. The van der Waals surface area contributed by atoms with Gasteiger partial charge in [-0.3, -0.25) is 0 Å². The largest absolute Gasteiger partial charge is 0.508 e. The van der Waals surface area contributed by atoms with Crippen LogP contribution in [-0.4, -0.2) is 53.1 Å². The highest BCUT2D eigenvalue weighted by Crippen LogP contribution is 2.60. The summed E-state index contributed by atoms with van der Waals surface area (Å²) in [7, 11) is -1.88. The van der Waals surface area contributed by atoms with Crippen molar-refractivity contribution in [3.8, 4) is 11.4 Å². The molecule has 0 aliphatic heterocycles. The molecule has 51 heavy (non-hydrogen) atoms. The molecule has 1 heterocycles. The second kappa shape index (κ2) is 13.4. The lowest BCUT2D eigenvalue weighted by Crippen LogP contribution is -2.44. The number of aromatic nitrogens is 3. The Morgan fingerprint density at radius 3 is 1.94 bits per heavy atom. The van der Waals surface area contributed by atoms with Crippen LogP contribution in [0.1, 0.15) is 86.5 Å². The molecule has 6 aliphatic carbocycles. The van der Waals surface area contributed by atoms with Crippen LogP contribution < -0.4 is 0 Å². The Kier molecular flexibility index (Phi) is 8.68. The molecule has 2 saturated carbocycles. The molecule has 0 saturated heterocycles. The minimum atomic E-state index is -1.88. The van der Waals surface area contributed by atoms with Crippen molar-refractivity contribution in [2.45, 2.75) is 95.8 Å². The smallest absolute Gasteiger partial charge is 0.257 e. The van der Waals surface area contributed by atoms with E-state index in [4.69, 9.17) is 1.23 Å². The van der Waals surface area contributed by atoms with Crippen LogP contribution in [-0.2, 0) is 17.3 Å². The summed E-state index contributed by atoms with van der Waals surface area (Å²) in [4.78, 5) is 0. The fourth-order valence-electron chi connectivity index (χ4n) is 11.2. The predicted molar refractivity (Wildman–Crippen MR) is 202 cm³/mol. The number of phenolic OH excluding ortho intramolecular Hbond substituents is 1. The van der Waals surface area contributed by atoms with E-state index in [2.05, 4.69) is 66.6 Å². The van der Waals surface area contributed by atoms with Crippen molar-refractivity contribution in [2.24, 2.45) is 34.5 Å². The summed E-state index contributed by atoms with van der Waals surface area (Å²) in [5.74, 6) is 3.92. The first-order chi connectivity index (χ1) is 25.0. The average molecular weight is 703 g/mol. The summed E-state index contributed by atoms with van der Waals surface area (Å²) in [6.07, 6.45) is 17.2. The minimum Gasteiger partial charge on any atom is -0.508 e. The van der Waals surface area contributed by atoms with Gasteiger partial charge in [0.25, 0.3) is 9.34 Å². The van der Waals surface area contributed by atoms with Gasteiger partial charge >= 0.3 is 0 Å².